The molecule has 1 aromatic rings. The van der Waals surface area contributed by atoms with Gasteiger partial charge >= 0.3 is 5.97 Å². The molecule has 1 aromatic carbocycles. The minimum absolute atomic E-state index is 0.00161. The molecule has 0 atom stereocenters. The van der Waals surface area contributed by atoms with Gasteiger partial charge in [-0.25, -0.2) is 17.6 Å². The standard InChI is InChI=1S/C13H14FNO5S/c14-11-7-8(13(17)18)1-2-10(11)12(16)15-9-3-5-21(19,20)6-4-9/h1-2,7,9H,3-6H2,(H,15,16)(H,17,18). The molecule has 2 N–H and O–H groups in total. The summed E-state index contributed by atoms with van der Waals surface area (Å²) in [6, 6.07) is 2.71. The summed E-state index contributed by atoms with van der Waals surface area (Å²) in [7, 11) is -3.03. The molecule has 1 heterocycles. The number of sulfone groups is 1. The third kappa shape index (κ3) is 3.78. The largest absolute Gasteiger partial charge is 0.478 e. The van der Waals surface area contributed by atoms with E-state index in [1.54, 1.807) is 0 Å². The van der Waals surface area contributed by atoms with Crippen LogP contribution in [0.2, 0.25) is 0 Å². The Kier molecular flexibility index (Phi) is 4.26. The van der Waals surface area contributed by atoms with Crippen molar-refractivity contribution in [1.82, 2.24) is 5.32 Å². The van der Waals surface area contributed by atoms with Crippen LogP contribution >= 0.6 is 0 Å². The van der Waals surface area contributed by atoms with E-state index in [0.717, 1.165) is 18.2 Å². The number of hydrogen-bond acceptors (Lipinski definition) is 4. The van der Waals surface area contributed by atoms with E-state index in [1.165, 1.54) is 0 Å². The summed E-state index contributed by atoms with van der Waals surface area (Å²) >= 11 is 0. The second-order valence-corrected chi connectivity index (χ2v) is 7.20. The van der Waals surface area contributed by atoms with Crippen molar-refractivity contribution in [1.29, 1.82) is 0 Å². The lowest BCUT2D eigenvalue weighted by atomic mass is 10.1. The van der Waals surface area contributed by atoms with Crippen LogP contribution in [0.5, 0.6) is 0 Å². The maximum atomic E-state index is 13.7. The van der Waals surface area contributed by atoms with Crippen molar-refractivity contribution < 1.29 is 27.5 Å². The van der Waals surface area contributed by atoms with Gasteiger partial charge in [-0.15, -0.1) is 0 Å². The molecule has 8 heteroatoms. The van der Waals surface area contributed by atoms with Gasteiger partial charge < -0.3 is 10.4 Å². The van der Waals surface area contributed by atoms with E-state index in [0.29, 0.717) is 12.8 Å². The predicted molar refractivity (Wildman–Crippen MR) is 72.5 cm³/mol. The van der Waals surface area contributed by atoms with E-state index >= 15 is 0 Å². The number of carbonyl (C=O) groups is 2. The molecule has 6 nitrogen and oxygen atoms in total. The molecule has 0 saturated carbocycles. The van der Waals surface area contributed by atoms with Crippen LogP contribution in [-0.4, -0.2) is 42.9 Å². The van der Waals surface area contributed by atoms with E-state index in [1.807, 2.05) is 0 Å². The van der Waals surface area contributed by atoms with Gasteiger partial charge in [0.1, 0.15) is 15.7 Å². The molecule has 0 bridgehead atoms. The number of benzene rings is 1. The van der Waals surface area contributed by atoms with Gasteiger partial charge in [0.25, 0.3) is 5.91 Å². The Morgan fingerprint density at radius 2 is 1.86 bits per heavy atom. The number of amides is 1. The average molecular weight is 315 g/mol. The summed E-state index contributed by atoms with van der Waals surface area (Å²) in [4.78, 5) is 22.6. The number of hydrogen-bond donors (Lipinski definition) is 2. The molecule has 1 amide bonds. The summed E-state index contributed by atoms with van der Waals surface area (Å²) in [5.41, 5.74) is -0.499. The van der Waals surface area contributed by atoms with Gasteiger partial charge in [-0.05, 0) is 31.0 Å². The minimum atomic E-state index is -3.03. The summed E-state index contributed by atoms with van der Waals surface area (Å²) in [5, 5.41) is 11.3. The Balaban J connectivity index is 2.06. The van der Waals surface area contributed by atoms with Crippen molar-refractivity contribution in [2.24, 2.45) is 0 Å². The lowest BCUT2D eigenvalue weighted by Gasteiger charge is -2.23. The first-order chi connectivity index (χ1) is 9.78. The normalized spacial score (nSPS) is 18.1. The molecular weight excluding hydrogens is 301 g/mol. The van der Waals surface area contributed by atoms with Crippen LogP contribution in [0.25, 0.3) is 0 Å². The van der Waals surface area contributed by atoms with E-state index in [9.17, 15) is 22.4 Å². The van der Waals surface area contributed by atoms with Gasteiger partial charge in [-0.3, -0.25) is 4.79 Å². The first kappa shape index (κ1) is 15.4. The summed E-state index contributed by atoms with van der Waals surface area (Å²) in [6.07, 6.45) is 0.589. The highest BCUT2D eigenvalue weighted by atomic mass is 32.2. The van der Waals surface area contributed by atoms with Crippen LogP contribution in [0.1, 0.15) is 33.6 Å². The van der Waals surface area contributed by atoms with Crippen molar-refractivity contribution in [3.8, 4) is 0 Å². The van der Waals surface area contributed by atoms with Crippen LogP contribution in [0.4, 0.5) is 4.39 Å². The molecular formula is C13H14FNO5S. The molecule has 2 rings (SSSR count). The molecule has 0 radical (unpaired) electrons. The second kappa shape index (κ2) is 5.80. The number of halogens is 1. The van der Waals surface area contributed by atoms with E-state index in [2.05, 4.69) is 5.32 Å². The number of aromatic carboxylic acids is 1. The number of carboxylic acid groups (broad SMARTS) is 1. The second-order valence-electron chi connectivity index (χ2n) is 4.90. The molecule has 1 aliphatic heterocycles. The number of nitrogens with one attached hydrogen (secondary N) is 1. The monoisotopic (exact) mass is 315 g/mol. The highest BCUT2D eigenvalue weighted by Gasteiger charge is 2.25. The SMILES string of the molecule is O=C(O)c1ccc(C(=O)NC2CCS(=O)(=O)CC2)c(F)c1. The highest BCUT2D eigenvalue weighted by molar-refractivity contribution is 7.91. The maximum Gasteiger partial charge on any atom is 0.335 e. The van der Waals surface area contributed by atoms with E-state index in [-0.39, 0.29) is 28.7 Å². The molecule has 0 aliphatic carbocycles. The van der Waals surface area contributed by atoms with Crippen LogP contribution in [0, 0.1) is 5.82 Å². The zero-order valence-corrected chi connectivity index (χ0v) is 11.8. The summed E-state index contributed by atoms with van der Waals surface area (Å²) in [6.45, 7) is 0. The molecule has 1 fully saturated rings. The highest BCUT2D eigenvalue weighted by Crippen LogP contribution is 2.15. The Labute approximate surface area is 120 Å². The molecule has 0 aromatic heterocycles. The maximum absolute atomic E-state index is 13.7. The van der Waals surface area contributed by atoms with Crippen molar-refractivity contribution in [3.05, 3.63) is 35.1 Å². The fourth-order valence-corrected chi connectivity index (χ4v) is 3.62. The number of rotatable bonds is 3. The molecule has 0 spiro atoms. The molecule has 1 saturated heterocycles. The van der Waals surface area contributed by atoms with Gasteiger partial charge in [0, 0.05) is 6.04 Å². The van der Waals surface area contributed by atoms with Gasteiger partial charge in [0.15, 0.2) is 0 Å². The summed E-state index contributed by atoms with van der Waals surface area (Å²) in [5.74, 6) is -2.88. The fourth-order valence-electron chi connectivity index (χ4n) is 2.13. The van der Waals surface area contributed by atoms with E-state index < -0.39 is 27.5 Å². The van der Waals surface area contributed by atoms with Crippen LogP contribution in [0.3, 0.4) is 0 Å². The zero-order chi connectivity index (χ0) is 15.6. The van der Waals surface area contributed by atoms with Crippen molar-refractivity contribution in [2.75, 3.05) is 11.5 Å². The summed E-state index contributed by atoms with van der Waals surface area (Å²) < 4.78 is 36.3. The molecule has 21 heavy (non-hydrogen) atoms. The third-order valence-electron chi connectivity index (χ3n) is 3.35. The Bertz CT molecular complexity index is 672. The van der Waals surface area contributed by atoms with Gasteiger partial charge in [0.2, 0.25) is 0 Å². The third-order valence-corrected chi connectivity index (χ3v) is 5.07. The van der Waals surface area contributed by atoms with Crippen LogP contribution < -0.4 is 5.32 Å². The fraction of sp³-hybridized carbons (Fsp3) is 0.385. The van der Waals surface area contributed by atoms with Crippen LogP contribution in [-0.2, 0) is 9.84 Å². The van der Waals surface area contributed by atoms with Crippen molar-refractivity contribution >= 4 is 21.7 Å². The first-order valence-electron chi connectivity index (χ1n) is 6.32. The van der Waals surface area contributed by atoms with Gasteiger partial charge in [0.05, 0.1) is 22.6 Å². The average Bonchev–Trinajstić information content (AvgIpc) is 2.40. The first-order valence-corrected chi connectivity index (χ1v) is 8.15. The number of carboxylic acids is 1. The quantitative estimate of drug-likeness (QED) is 0.860. The lowest BCUT2D eigenvalue weighted by molar-refractivity contribution is 0.0695. The van der Waals surface area contributed by atoms with E-state index in [4.69, 9.17) is 5.11 Å². The Hall–Kier alpha value is -1.96. The topological polar surface area (TPSA) is 101 Å². The predicted octanol–water partition coefficient (Wildman–Crippen LogP) is 0.831. The van der Waals surface area contributed by atoms with Gasteiger partial charge in [-0.2, -0.15) is 0 Å². The molecule has 114 valence electrons. The number of carbonyl (C=O) groups excluding carboxylic acids is 1. The van der Waals surface area contributed by atoms with Gasteiger partial charge in [-0.1, -0.05) is 0 Å². The Morgan fingerprint density at radius 1 is 1.24 bits per heavy atom. The van der Waals surface area contributed by atoms with Crippen molar-refractivity contribution in [2.45, 2.75) is 18.9 Å². The zero-order valence-electron chi connectivity index (χ0n) is 11.0. The molecule has 1 aliphatic rings. The lowest BCUT2D eigenvalue weighted by Crippen LogP contribution is -2.41. The van der Waals surface area contributed by atoms with Crippen molar-refractivity contribution in [3.63, 3.8) is 0 Å². The smallest absolute Gasteiger partial charge is 0.335 e. The van der Waals surface area contributed by atoms with Crippen LogP contribution in [0.15, 0.2) is 18.2 Å². The molecule has 0 unspecified atom stereocenters. The minimum Gasteiger partial charge on any atom is -0.478 e. The Morgan fingerprint density at radius 3 is 2.38 bits per heavy atom.